The Balaban J connectivity index is 2.51. The van der Waals surface area contributed by atoms with Crippen LogP contribution in [0.25, 0.3) is 0 Å². The van der Waals surface area contributed by atoms with Crippen LogP contribution in [0.4, 0.5) is 0 Å². The van der Waals surface area contributed by atoms with Crippen LogP contribution in [-0.2, 0) is 16.0 Å². The van der Waals surface area contributed by atoms with Crippen molar-refractivity contribution in [3.63, 3.8) is 0 Å². The van der Waals surface area contributed by atoms with Gasteiger partial charge in [-0.1, -0.05) is 29.8 Å². The van der Waals surface area contributed by atoms with Crippen LogP contribution in [0.2, 0.25) is 0 Å². The molecule has 1 unspecified atom stereocenters. The topological polar surface area (TPSA) is 41.9 Å². The van der Waals surface area contributed by atoms with Gasteiger partial charge in [0.1, 0.15) is 0 Å². The van der Waals surface area contributed by atoms with Gasteiger partial charge in [0.05, 0.1) is 25.4 Å². The normalized spacial score (nSPS) is 13.1. The van der Waals surface area contributed by atoms with Crippen molar-refractivity contribution in [2.45, 2.75) is 39.5 Å². The number of hydrogen-bond donors (Lipinski definition) is 1. The Bertz CT molecular complexity index is 378. The van der Waals surface area contributed by atoms with Crippen LogP contribution < -0.4 is 0 Å². The lowest BCUT2D eigenvalue weighted by atomic mass is 10.1. The largest absolute Gasteiger partial charge is 0.389 e. The monoisotopic (exact) mass is 295 g/mol. The number of benzene rings is 1. The molecule has 120 valence electrons. The Morgan fingerprint density at radius 2 is 1.86 bits per heavy atom. The maximum Gasteiger partial charge on any atom is 0.0900 e. The molecule has 0 fully saturated rings. The third-order valence-corrected chi connectivity index (χ3v) is 3.23. The molecule has 4 heteroatoms. The summed E-state index contributed by atoms with van der Waals surface area (Å²) in [5.41, 5.74) is 2.50. The summed E-state index contributed by atoms with van der Waals surface area (Å²) in [5.74, 6) is 0. The van der Waals surface area contributed by atoms with Crippen LogP contribution in [-0.4, -0.2) is 55.6 Å². The summed E-state index contributed by atoms with van der Waals surface area (Å²) in [7, 11) is 1.70. The number of rotatable bonds is 10. The molecule has 0 amide bonds. The zero-order valence-corrected chi connectivity index (χ0v) is 13.7. The van der Waals surface area contributed by atoms with E-state index in [1.54, 1.807) is 7.11 Å². The molecule has 4 nitrogen and oxygen atoms in total. The van der Waals surface area contributed by atoms with Crippen molar-refractivity contribution >= 4 is 0 Å². The van der Waals surface area contributed by atoms with Crippen LogP contribution in [0.1, 0.15) is 25.0 Å². The molecule has 0 bridgehead atoms. The highest BCUT2D eigenvalue weighted by molar-refractivity contribution is 5.21. The first-order valence-corrected chi connectivity index (χ1v) is 7.57. The van der Waals surface area contributed by atoms with Gasteiger partial charge in [-0.2, -0.15) is 0 Å². The third kappa shape index (κ3) is 8.17. The van der Waals surface area contributed by atoms with Gasteiger partial charge in [-0.15, -0.1) is 0 Å². The molecule has 1 atom stereocenters. The third-order valence-electron chi connectivity index (χ3n) is 3.23. The fourth-order valence-corrected chi connectivity index (χ4v) is 2.06. The molecule has 0 saturated heterocycles. The molecular weight excluding hydrogens is 266 g/mol. The molecule has 0 heterocycles. The molecule has 1 aromatic carbocycles. The molecular formula is C17H29NO3. The van der Waals surface area contributed by atoms with Gasteiger partial charge in [-0.25, -0.2) is 0 Å². The Kier molecular flexibility index (Phi) is 8.54. The quantitative estimate of drug-likeness (QED) is 0.719. The maximum absolute atomic E-state index is 10.1. The van der Waals surface area contributed by atoms with Crippen LogP contribution in [0.5, 0.6) is 0 Å². The SMILES string of the molecule is COCCN(Cc1ccc(C)cc1)CC(O)COC(C)C. The molecule has 21 heavy (non-hydrogen) atoms. The molecule has 0 aliphatic heterocycles. The second kappa shape index (κ2) is 9.90. The summed E-state index contributed by atoms with van der Waals surface area (Å²) >= 11 is 0. The Labute approximate surface area is 128 Å². The summed E-state index contributed by atoms with van der Waals surface area (Å²) in [6.45, 7) is 9.25. The molecule has 1 rings (SSSR count). The summed E-state index contributed by atoms with van der Waals surface area (Å²) in [6, 6.07) is 8.49. The zero-order valence-electron chi connectivity index (χ0n) is 13.7. The van der Waals surface area contributed by atoms with E-state index in [0.717, 1.165) is 13.1 Å². The van der Waals surface area contributed by atoms with E-state index in [2.05, 4.69) is 36.1 Å². The van der Waals surface area contributed by atoms with Crippen LogP contribution >= 0.6 is 0 Å². The average molecular weight is 295 g/mol. The highest BCUT2D eigenvalue weighted by atomic mass is 16.5. The van der Waals surface area contributed by atoms with Crippen LogP contribution in [0, 0.1) is 6.92 Å². The first-order valence-electron chi connectivity index (χ1n) is 7.57. The molecule has 0 aliphatic carbocycles. The number of ether oxygens (including phenoxy) is 2. The first-order chi connectivity index (χ1) is 10.0. The Morgan fingerprint density at radius 3 is 2.43 bits per heavy atom. The Hall–Kier alpha value is -0.940. The molecule has 0 radical (unpaired) electrons. The van der Waals surface area contributed by atoms with E-state index < -0.39 is 6.10 Å². The van der Waals surface area contributed by atoms with Crippen molar-refractivity contribution in [1.82, 2.24) is 4.90 Å². The molecule has 0 spiro atoms. The van der Waals surface area contributed by atoms with E-state index in [9.17, 15) is 5.11 Å². The standard InChI is InChI=1S/C17H29NO3/c1-14(2)21-13-17(19)12-18(9-10-20-4)11-16-7-5-15(3)6-8-16/h5-8,14,17,19H,9-13H2,1-4H3. The zero-order chi connectivity index (χ0) is 15.7. The smallest absolute Gasteiger partial charge is 0.0900 e. The lowest BCUT2D eigenvalue weighted by molar-refractivity contribution is -0.0121. The Morgan fingerprint density at radius 1 is 1.19 bits per heavy atom. The minimum atomic E-state index is -0.477. The van der Waals surface area contributed by atoms with Crippen LogP contribution in [0.3, 0.4) is 0 Å². The minimum absolute atomic E-state index is 0.143. The maximum atomic E-state index is 10.1. The second-order valence-corrected chi connectivity index (χ2v) is 5.75. The van der Waals surface area contributed by atoms with E-state index >= 15 is 0 Å². The van der Waals surface area contributed by atoms with Gasteiger partial charge in [0.15, 0.2) is 0 Å². The number of aryl methyl sites for hydroxylation is 1. The van der Waals surface area contributed by atoms with Gasteiger partial charge in [-0.05, 0) is 26.3 Å². The second-order valence-electron chi connectivity index (χ2n) is 5.75. The predicted molar refractivity (Wildman–Crippen MR) is 85.4 cm³/mol. The summed E-state index contributed by atoms with van der Waals surface area (Å²) in [4.78, 5) is 2.20. The summed E-state index contributed by atoms with van der Waals surface area (Å²) in [6.07, 6.45) is -0.334. The van der Waals surface area contributed by atoms with Crippen molar-refractivity contribution < 1.29 is 14.6 Å². The van der Waals surface area contributed by atoms with Gasteiger partial charge < -0.3 is 14.6 Å². The van der Waals surface area contributed by atoms with E-state index in [4.69, 9.17) is 9.47 Å². The van der Waals surface area contributed by atoms with Gasteiger partial charge in [0.25, 0.3) is 0 Å². The number of aliphatic hydroxyl groups is 1. The first kappa shape index (κ1) is 18.1. The predicted octanol–water partition coefficient (Wildman–Crippen LogP) is 2.23. The van der Waals surface area contributed by atoms with E-state index in [0.29, 0.717) is 19.8 Å². The van der Waals surface area contributed by atoms with Crippen molar-refractivity contribution in [2.24, 2.45) is 0 Å². The number of hydrogen-bond acceptors (Lipinski definition) is 4. The number of methoxy groups -OCH3 is 1. The number of aliphatic hydroxyl groups excluding tert-OH is 1. The van der Waals surface area contributed by atoms with E-state index in [-0.39, 0.29) is 6.10 Å². The van der Waals surface area contributed by atoms with E-state index in [1.807, 2.05) is 13.8 Å². The van der Waals surface area contributed by atoms with Gasteiger partial charge in [-0.3, -0.25) is 4.90 Å². The molecule has 0 saturated carbocycles. The van der Waals surface area contributed by atoms with Crippen molar-refractivity contribution in [1.29, 1.82) is 0 Å². The molecule has 1 aromatic rings. The lowest BCUT2D eigenvalue weighted by Gasteiger charge is -2.25. The molecule has 0 aliphatic rings. The fraction of sp³-hybridized carbons (Fsp3) is 0.647. The molecule has 1 N–H and O–H groups in total. The van der Waals surface area contributed by atoms with Gasteiger partial charge in [0, 0.05) is 26.7 Å². The minimum Gasteiger partial charge on any atom is -0.389 e. The molecule has 0 aromatic heterocycles. The van der Waals surface area contributed by atoms with Crippen molar-refractivity contribution in [3.05, 3.63) is 35.4 Å². The lowest BCUT2D eigenvalue weighted by Crippen LogP contribution is -2.37. The average Bonchev–Trinajstić information content (AvgIpc) is 2.45. The van der Waals surface area contributed by atoms with Crippen molar-refractivity contribution in [2.75, 3.05) is 33.4 Å². The fourth-order valence-electron chi connectivity index (χ4n) is 2.06. The van der Waals surface area contributed by atoms with Crippen LogP contribution in [0.15, 0.2) is 24.3 Å². The van der Waals surface area contributed by atoms with E-state index in [1.165, 1.54) is 11.1 Å². The van der Waals surface area contributed by atoms with Gasteiger partial charge >= 0.3 is 0 Å². The van der Waals surface area contributed by atoms with Crippen molar-refractivity contribution in [3.8, 4) is 0 Å². The summed E-state index contributed by atoms with van der Waals surface area (Å²) in [5, 5.41) is 10.1. The van der Waals surface area contributed by atoms with Gasteiger partial charge in [0.2, 0.25) is 0 Å². The highest BCUT2D eigenvalue weighted by Gasteiger charge is 2.13. The summed E-state index contributed by atoms with van der Waals surface area (Å²) < 4.78 is 10.6. The highest BCUT2D eigenvalue weighted by Crippen LogP contribution is 2.08. The number of nitrogens with zero attached hydrogens (tertiary/aromatic N) is 1.